The molecule has 6 nitrogen and oxygen atoms in total. The number of unbranched alkanes of at least 4 members (excludes halogenated alkanes) is 1. The van der Waals surface area contributed by atoms with Gasteiger partial charge in [-0.05, 0) is 38.5 Å². The molecule has 2 aromatic rings. The Labute approximate surface area is 164 Å². The van der Waals surface area contributed by atoms with E-state index in [1.807, 2.05) is 20.8 Å². The fourth-order valence-electron chi connectivity index (χ4n) is 2.75. The number of hydrogen-bond donors (Lipinski definition) is 1. The Hall–Kier alpha value is -2.34. The Balaban J connectivity index is 2.36. The molecule has 1 aromatic carbocycles. The molecular weight excluding hydrogens is 366 g/mol. The first kappa shape index (κ1) is 21.0. The molecule has 7 heteroatoms. The lowest BCUT2D eigenvalue weighted by Gasteiger charge is -2.20. The van der Waals surface area contributed by atoms with Gasteiger partial charge in [0.25, 0.3) is 0 Å². The molecule has 0 saturated carbocycles. The van der Waals surface area contributed by atoms with E-state index >= 15 is 0 Å². The van der Waals surface area contributed by atoms with E-state index in [1.54, 1.807) is 23.1 Å². The van der Waals surface area contributed by atoms with Gasteiger partial charge in [-0.2, -0.15) is 0 Å². The lowest BCUT2D eigenvalue weighted by atomic mass is 10.1. The van der Waals surface area contributed by atoms with E-state index in [4.69, 9.17) is 16.3 Å². The smallest absolute Gasteiger partial charge is 0.341 e. The Morgan fingerprint density at radius 2 is 1.96 bits per heavy atom. The molecule has 1 N–H and O–H groups in total. The van der Waals surface area contributed by atoms with Crippen LogP contribution in [0.2, 0.25) is 5.02 Å². The van der Waals surface area contributed by atoms with E-state index in [9.17, 15) is 9.59 Å². The van der Waals surface area contributed by atoms with Gasteiger partial charge in [0.05, 0.1) is 24.4 Å². The number of pyridine rings is 1. The maximum absolute atomic E-state index is 12.5. The van der Waals surface area contributed by atoms with Crippen LogP contribution in [0, 0.1) is 0 Å². The molecule has 0 radical (unpaired) electrons. The van der Waals surface area contributed by atoms with Crippen molar-refractivity contribution in [3.05, 3.63) is 35.0 Å². The van der Waals surface area contributed by atoms with Gasteiger partial charge in [0, 0.05) is 29.7 Å². The van der Waals surface area contributed by atoms with Crippen molar-refractivity contribution in [3.8, 4) is 0 Å². The van der Waals surface area contributed by atoms with Crippen LogP contribution in [0.4, 0.5) is 5.69 Å². The quantitative estimate of drug-likeness (QED) is 0.514. The summed E-state index contributed by atoms with van der Waals surface area (Å²) in [4.78, 5) is 31.0. The van der Waals surface area contributed by atoms with Crippen molar-refractivity contribution in [1.82, 2.24) is 9.88 Å². The predicted molar refractivity (Wildman–Crippen MR) is 108 cm³/mol. The second kappa shape index (κ2) is 10.1. The van der Waals surface area contributed by atoms with Crippen molar-refractivity contribution >= 4 is 40.1 Å². The SMILES string of the molecule is CCCCOC(=O)c1cnc2ccc(Cl)cc2c1NCC(=O)N(CC)CC. The Kier molecular flexibility index (Phi) is 7.85. The number of carbonyl (C=O) groups excluding carboxylic acids is 2. The molecule has 0 atom stereocenters. The van der Waals surface area contributed by atoms with Gasteiger partial charge in [-0.3, -0.25) is 9.78 Å². The van der Waals surface area contributed by atoms with Crippen LogP contribution in [0.5, 0.6) is 0 Å². The van der Waals surface area contributed by atoms with Gasteiger partial charge in [-0.25, -0.2) is 4.79 Å². The Morgan fingerprint density at radius 3 is 2.63 bits per heavy atom. The predicted octanol–water partition coefficient (Wildman–Crippen LogP) is 4.13. The summed E-state index contributed by atoms with van der Waals surface area (Å²) in [5.41, 5.74) is 1.50. The summed E-state index contributed by atoms with van der Waals surface area (Å²) in [7, 11) is 0. The number of anilines is 1. The van der Waals surface area contributed by atoms with E-state index in [0.29, 0.717) is 46.9 Å². The average molecular weight is 392 g/mol. The van der Waals surface area contributed by atoms with E-state index < -0.39 is 5.97 Å². The first-order valence-corrected chi connectivity index (χ1v) is 9.66. The number of benzene rings is 1. The number of amides is 1. The maximum atomic E-state index is 12.5. The molecule has 146 valence electrons. The lowest BCUT2D eigenvalue weighted by Crippen LogP contribution is -2.35. The number of ether oxygens (including phenoxy) is 1. The van der Waals surface area contributed by atoms with Crippen LogP contribution in [0.25, 0.3) is 10.9 Å². The summed E-state index contributed by atoms with van der Waals surface area (Å²) in [6.07, 6.45) is 3.21. The standard InChI is InChI=1S/C20H26ClN3O3/c1-4-7-10-27-20(26)16-12-22-17-9-8-14(21)11-15(17)19(16)23-13-18(25)24(5-2)6-3/h8-9,11-12H,4-7,10,13H2,1-3H3,(H,22,23). The lowest BCUT2D eigenvalue weighted by molar-refractivity contribution is -0.128. The fourth-order valence-corrected chi connectivity index (χ4v) is 2.92. The van der Waals surface area contributed by atoms with Gasteiger partial charge < -0.3 is 15.0 Å². The molecule has 0 fully saturated rings. The molecule has 0 aliphatic carbocycles. The van der Waals surface area contributed by atoms with Crippen LogP contribution in [0.1, 0.15) is 44.0 Å². The number of hydrogen-bond acceptors (Lipinski definition) is 5. The van der Waals surface area contributed by atoms with Gasteiger partial charge in [-0.15, -0.1) is 0 Å². The molecular formula is C20H26ClN3O3. The molecule has 0 saturated heterocycles. The second-order valence-electron chi connectivity index (χ2n) is 6.12. The number of aromatic nitrogens is 1. The average Bonchev–Trinajstić information content (AvgIpc) is 2.67. The molecule has 27 heavy (non-hydrogen) atoms. The Bertz CT molecular complexity index is 806. The van der Waals surface area contributed by atoms with Crippen LogP contribution in [-0.2, 0) is 9.53 Å². The second-order valence-corrected chi connectivity index (χ2v) is 6.55. The third kappa shape index (κ3) is 5.32. The zero-order valence-electron chi connectivity index (χ0n) is 16.0. The van der Waals surface area contributed by atoms with Crippen molar-refractivity contribution in [2.75, 3.05) is 31.6 Å². The summed E-state index contributed by atoms with van der Waals surface area (Å²) in [6.45, 7) is 7.57. The highest BCUT2D eigenvalue weighted by Crippen LogP contribution is 2.29. The van der Waals surface area contributed by atoms with E-state index in [2.05, 4.69) is 10.3 Å². The van der Waals surface area contributed by atoms with Crippen LogP contribution >= 0.6 is 11.6 Å². The van der Waals surface area contributed by atoms with Gasteiger partial charge in [-0.1, -0.05) is 24.9 Å². The molecule has 1 aromatic heterocycles. The third-order valence-electron chi connectivity index (χ3n) is 4.31. The van der Waals surface area contributed by atoms with E-state index in [1.165, 1.54) is 6.20 Å². The van der Waals surface area contributed by atoms with E-state index in [-0.39, 0.29) is 12.5 Å². The molecule has 1 heterocycles. The minimum atomic E-state index is -0.462. The van der Waals surface area contributed by atoms with Crippen molar-refractivity contribution < 1.29 is 14.3 Å². The summed E-state index contributed by atoms with van der Waals surface area (Å²) in [5, 5.41) is 4.32. The number of esters is 1. The third-order valence-corrected chi connectivity index (χ3v) is 4.55. The van der Waals surface area contributed by atoms with Crippen LogP contribution in [-0.4, -0.2) is 48.0 Å². The minimum absolute atomic E-state index is 0.0442. The Morgan fingerprint density at radius 1 is 1.22 bits per heavy atom. The first-order valence-electron chi connectivity index (χ1n) is 9.28. The zero-order valence-corrected chi connectivity index (χ0v) is 16.8. The maximum Gasteiger partial charge on any atom is 0.341 e. The molecule has 2 rings (SSSR count). The molecule has 1 amide bonds. The minimum Gasteiger partial charge on any atom is -0.462 e. The topological polar surface area (TPSA) is 71.5 Å². The molecule has 0 bridgehead atoms. The highest BCUT2D eigenvalue weighted by Gasteiger charge is 2.19. The first-order chi connectivity index (χ1) is 13.0. The number of nitrogens with one attached hydrogen (secondary N) is 1. The largest absolute Gasteiger partial charge is 0.462 e. The normalized spacial score (nSPS) is 10.7. The number of rotatable bonds is 9. The van der Waals surface area contributed by atoms with Crippen molar-refractivity contribution in [2.45, 2.75) is 33.6 Å². The zero-order chi connectivity index (χ0) is 19.8. The molecule has 0 aliphatic heterocycles. The highest BCUT2D eigenvalue weighted by molar-refractivity contribution is 6.31. The van der Waals surface area contributed by atoms with Crippen molar-refractivity contribution in [2.24, 2.45) is 0 Å². The summed E-state index contributed by atoms with van der Waals surface area (Å²) in [5.74, 6) is -0.507. The summed E-state index contributed by atoms with van der Waals surface area (Å²) >= 11 is 6.14. The summed E-state index contributed by atoms with van der Waals surface area (Å²) in [6, 6.07) is 5.25. The number of fused-ring (bicyclic) bond motifs is 1. The van der Waals surface area contributed by atoms with Crippen molar-refractivity contribution in [1.29, 1.82) is 0 Å². The highest BCUT2D eigenvalue weighted by atomic mass is 35.5. The fraction of sp³-hybridized carbons (Fsp3) is 0.450. The molecule has 0 spiro atoms. The van der Waals surface area contributed by atoms with Crippen molar-refractivity contribution in [3.63, 3.8) is 0 Å². The monoisotopic (exact) mass is 391 g/mol. The number of halogens is 1. The van der Waals surface area contributed by atoms with Gasteiger partial charge in [0.1, 0.15) is 5.56 Å². The van der Waals surface area contributed by atoms with Crippen LogP contribution in [0.3, 0.4) is 0 Å². The molecule has 0 aliphatic rings. The van der Waals surface area contributed by atoms with Gasteiger partial charge in [0.15, 0.2) is 0 Å². The van der Waals surface area contributed by atoms with E-state index in [0.717, 1.165) is 12.8 Å². The van der Waals surface area contributed by atoms with Crippen LogP contribution in [0.15, 0.2) is 24.4 Å². The number of carbonyl (C=O) groups is 2. The number of nitrogens with zero attached hydrogens (tertiary/aromatic N) is 2. The number of likely N-dealkylation sites (N-methyl/N-ethyl adjacent to an activating group) is 1. The van der Waals surface area contributed by atoms with Gasteiger partial charge >= 0.3 is 5.97 Å². The summed E-state index contributed by atoms with van der Waals surface area (Å²) < 4.78 is 5.34. The van der Waals surface area contributed by atoms with Crippen LogP contribution < -0.4 is 5.32 Å². The van der Waals surface area contributed by atoms with Gasteiger partial charge in [0.2, 0.25) is 5.91 Å². The molecule has 0 unspecified atom stereocenters.